The minimum atomic E-state index is -0.509. The summed E-state index contributed by atoms with van der Waals surface area (Å²) in [5.74, 6) is 1.31. The zero-order valence-electron chi connectivity index (χ0n) is 13.6. The zero-order chi connectivity index (χ0) is 16.7. The number of amides is 1. The number of β-lactam (4-membered cyclic amide) rings is 1. The van der Waals surface area contributed by atoms with Crippen molar-refractivity contribution in [1.82, 2.24) is 0 Å². The fraction of sp³-hybridized carbons (Fsp3) is 0.316. The lowest BCUT2D eigenvalue weighted by molar-refractivity contribution is -0.126. The average molecular weight is 324 g/mol. The summed E-state index contributed by atoms with van der Waals surface area (Å²) in [5, 5.41) is 0. The van der Waals surface area contributed by atoms with Gasteiger partial charge in [0.05, 0.1) is 6.04 Å². The molecule has 2 aliphatic rings. The number of carbonyl (C=O) groups excluding carboxylic acids is 1. The number of rotatable bonds is 3. The molecule has 2 aromatic rings. The lowest BCUT2D eigenvalue weighted by atomic mass is 9.88. The van der Waals surface area contributed by atoms with Gasteiger partial charge in [0.2, 0.25) is 5.91 Å². The maximum absolute atomic E-state index is 12.4. The monoisotopic (exact) mass is 324 g/mol. The molecule has 2 aromatic carbocycles. The molecule has 0 spiro atoms. The van der Waals surface area contributed by atoms with Crippen molar-refractivity contribution in [1.29, 1.82) is 0 Å². The summed E-state index contributed by atoms with van der Waals surface area (Å²) >= 11 is 0. The van der Waals surface area contributed by atoms with Crippen molar-refractivity contribution < 1.29 is 14.3 Å². The number of nitrogens with zero attached hydrogens (tertiary/aromatic N) is 1. The van der Waals surface area contributed by atoms with Gasteiger partial charge in [-0.3, -0.25) is 4.79 Å². The molecule has 1 fully saturated rings. The molecular weight excluding hydrogens is 304 g/mol. The number of anilines is 1. The van der Waals surface area contributed by atoms with Crippen molar-refractivity contribution in [2.75, 3.05) is 18.1 Å². The van der Waals surface area contributed by atoms with E-state index in [0.29, 0.717) is 24.7 Å². The summed E-state index contributed by atoms with van der Waals surface area (Å²) in [4.78, 5) is 14.1. The fourth-order valence-electron chi connectivity index (χ4n) is 3.29. The van der Waals surface area contributed by atoms with Gasteiger partial charge in [0, 0.05) is 11.8 Å². The molecular formula is C19H20N2O3. The fourth-order valence-corrected chi connectivity index (χ4v) is 3.29. The van der Waals surface area contributed by atoms with E-state index in [4.69, 9.17) is 15.2 Å². The summed E-state index contributed by atoms with van der Waals surface area (Å²) in [6.45, 7) is 3.19. The Hall–Kier alpha value is -2.53. The molecule has 2 heterocycles. The van der Waals surface area contributed by atoms with Gasteiger partial charge in [-0.1, -0.05) is 31.2 Å². The Labute approximate surface area is 141 Å². The standard InChI is InChI=1S/C19H20N2O3/c1-2-12-3-5-13(6-4-12)18-17(20)19(22)21(18)14-7-8-15-16(11-14)24-10-9-23-15/h3-8,11,17-18H,2,9-10,20H2,1H3/t17-,18+/m0/s1. The molecule has 2 aliphatic heterocycles. The Kier molecular flexibility index (Phi) is 3.65. The van der Waals surface area contributed by atoms with Crippen LogP contribution in [0.15, 0.2) is 42.5 Å². The van der Waals surface area contributed by atoms with E-state index >= 15 is 0 Å². The van der Waals surface area contributed by atoms with E-state index in [9.17, 15) is 4.79 Å². The first kappa shape index (κ1) is 15.0. The minimum Gasteiger partial charge on any atom is -0.486 e. The van der Waals surface area contributed by atoms with Crippen molar-refractivity contribution in [3.8, 4) is 11.5 Å². The van der Waals surface area contributed by atoms with E-state index in [-0.39, 0.29) is 11.9 Å². The quantitative estimate of drug-likeness (QED) is 0.881. The second-order valence-corrected chi connectivity index (χ2v) is 6.10. The number of carbonyl (C=O) groups is 1. The number of hydrogen-bond acceptors (Lipinski definition) is 4. The van der Waals surface area contributed by atoms with Crippen LogP contribution < -0.4 is 20.1 Å². The number of fused-ring (bicyclic) bond motifs is 1. The van der Waals surface area contributed by atoms with Crippen LogP contribution in [0.25, 0.3) is 0 Å². The molecule has 0 aromatic heterocycles. The molecule has 0 aliphatic carbocycles. The van der Waals surface area contributed by atoms with Crippen molar-refractivity contribution in [2.45, 2.75) is 25.4 Å². The third-order valence-electron chi connectivity index (χ3n) is 4.67. The number of nitrogens with two attached hydrogens (primary N) is 1. The van der Waals surface area contributed by atoms with Gasteiger partial charge in [0.1, 0.15) is 19.3 Å². The maximum atomic E-state index is 12.4. The van der Waals surface area contributed by atoms with Crippen LogP contribution in [0.1, 0.15) is 24.1 Å². The number of benzene rings is 2. The second kappa shape index (κ2) is 5.83. The Morgan fingerprint density at radius 2 is 1.79 bits per heavy atom. The van der Waals surface area contributed by atoms with E-state index in [0.717, 1.165) is 17.7 Å². The first-order valence-electron chi connectivity index (χ1n) is 8.26. The van der Waals surface area contributed by atoms with Gasteiger partial charge in [-0.2, -0.15) is 0 Å². The summed E-state index contributed by atoms with van der Waals surface area (Å²) in [6, 6.07) is 13.2. The van der Waals surface area contributed by atoms with Crippen LogP contribution in [0, 0.1) is 0 Å². The third kappa shape index (κ3) is 2.32. The first-order valence-corrected chi connectivity index (χ1v) is 8.26. The van der Waals surface area contributed by atoms with E-state index in [1.807, 2.05) is 18.2 Å². The van der Waals surface area contributed by atoms with E-state index in [1.54, 1.807) is 4.90 Å². The van der Waals surface area contributed by atoms with Gasteiger partial charge in [-0.25, -0.2) is 0 Å². The van der Waals surface area contributed by atoms with Crippen molar-refractivity contribution >= 4 is 11.6 Å². The summed E-state index contributed by atoms with van der Waals surface area (Å²) < 4.78 is 11.2. The van der Waals surface area contributed by atoms with E-state index < -0.39 is 6.04 Å². The van der Waals surface area contributed by atoms with Crippen LogP contribution in [0.2, 0.25) is 0 Å². The molecule has 24 heavy (non-hydrogen) atoms. The van der Waals surface area contributed by atoms with Crippen molar-refractivity contribution in [3.05, 3.63) is 53.6 Å². The van der Waals surface area contributed by atoms with Crippen LogP contribution >= 0.6 is 0 Å². The van der Waals surface area contributed by atoms with Gasteiger partial charge in [0.15, 0.2) is 11.5 Å². The Bertz CT molecular complexity index is 773. The normalized spacial score (nSPS) is 22.2. The summed E-state index contributed by atoms with van der Waals surface area (Å²) in [7, 11) is 0. The second-order valence-electron chi connectivity index (χ2n) is 6.10. The van der Waals surface area contributed by atoms with Gasteiger partial charge >= 0.3 is 0 Å². The minimum absolute atomic E-state index is 0.0729. The van der Waals surface area contributed by atoms with Gasteiger partial charge in [-0.15, -0.1) is 0 Å². The summed E-state index contributed by atoms with van der Waals surface area (Å²) in [6.07, 6.45) is 0.988. The lowest BCUT2D eigenvalue weighted by Gasteiger charge is -2.45. The molecule has 5 nitrogen and oxygen atoms in total. The highest BCUT2D eigenvalue weighted by molar-refractivity contribution is 6.05. The smallest absolute Gasteiger partial charge is 0.247 e. The molecule has 0 unspecified atom stereocenters. The van der Waals surface area contributed by atoms with E-state index in [1.165, 1.54) is 5.56 Å². The number of hydrogen-bond donors (Lipinski definition) is 1. The van der Waals surface area contributed by atoms with Crippen molar-refractivity contribution in [3.63, 3.8) is 0 Å². The Morgan fingerprint density at radius 1 is 1.08 bits per heavy atom. The number of ether oxygens (including phenoxy) is 2. The molecule has 1 amide bonds. The molecule has 1 saturated heterocycles. The highest BCUT2D eigenvalue weighted by Crippen LogP contribution is 2.42. The molecule has 2 N–H and O–H groups in total. The number of aryl methyl sites for hydroxylation is 1. The zero-order valence-corrected chi connectivity index (χ0v) is 13.6. The molecule has 4 rings (SSSR count). The van der Waals surface area contributed by atoms with Crippen LogP contribution in [0.5, 0.6) is 11.5 Å². The molecule has 5 heteroatoms. The van der Waals surface area contributed by atoms with Crippen molar-refractivity contribution in [2.24, 2.45) is 5.73 Å². The third-order valence-corrected chi connectivity index (χ3v) is 4.67. The molecule has 0 radical (unpaired) electrons. The molecule has 2 atom stereocenters. The molecule has 124 valence electrons. The lowest BCUT2D eigenvalue weighted by Crippen LogP contribution is -2.63. The molecule has 0 bridgehead atoms. The van der Waals surface area contributed by atoms with Gasteiger partial charge in [-0.05, 0) is 29.7 Å². The molecule has 0 saturated carbocycles. The SMILES string of the molecule is CCc1ccc([C@@H]2[C@H](N)C(=O)N2c2ccc3c(c2)OCCO3)cc1. The van der Waals surface area contributed by atoms with Crippen LogP contribution in [-0.2, 0) is 11.2 Å². The predicted molar refractivity (Wildman–Crippen MR) is 91.5 cm³/mol. The highest BCUT2D eigenvalue weighted by atomic mass is 16.6. The van der Waals surface area contributed by atoms with Crippen LogP contribution in [-0.4, -0.2) is 25.2 Å². The summed E-state index contributed by atoms with van der Waals surface area (Å²) in [5.41, 5.74) is 9.19. The van der Waals surface area contributed by atoms with E-state index in [2.05, 4.69) is 31.2 Å². The van der Waals surface area contributed by atoms with Crippen LogP contribution in [0.3, 0.4) is 0 Å². The highest BCUT2D eigenvalue weighted by Gasteiger charge is 2.46. The van der Waals surface area contributed by atoms with Crippen LogP contribution in [0.4, 0.5) is 5.69 Å². The first-order chi connectivity index (χ1) is 11.7. The Morgan fingerprint density at radius 3 is 2.50 bits per heavy atom. The Balaban J connectivity index is 1.66. The maximum Gasteiger partial charge on any atom is 0.247 e. The largest absolute Gasteiger partial charge is 0.486 e. The van der Waals surface area contributed by atoms with Gasteiger partial charge in [0.25, 0.3) is 0 Å². The topological polar surface area (TPSA) is 64.8 Å². The van der Waals surface area contributed by atoms with Gasteiger partial charge < -0.3 is 20.1 Å². The average Bonchev–Trinajstić information content (AvgIpc) is 2.65. The predicted octanol–water partition coefficient (Wildman–Crippen LogP) is 2.44.